The molecule has 3 nitrogen and oxygen atoms in total. The molecule has 0 aliphatic carbocycles. The molecule has 0 fully saturated rings. The first-order valence-corrected chi connectivity index (χ1v) is 5.86. The monoisotopic (exact) mass is 213 g/mol. The molecule has 1 rings (SSSR count). The van der Waals surface area contributed by atoms with E-state index in [1.54, 1.807) is 6.20 Å². The number of hydrogen-bond donors (Lipinski definition) is 0. The molecule has 0 saturated carbocycles. The minimum atomic E-state index is -0.424. The van der Waals surface area contributed by atoms with Crippen molar-refractivity contribution >= 4 is 37.5 Å². The van der Waals surface area contributed by atoms with Crippen LogP contribution in [0.1, 0.15) is 30.4 Å². The number of rotatable bonds is 1. The van der Waals surface area contributed by atoms with Crippen LogP contribution in [0.25, 0.3) is 0 Å². The van der Waals surface area contributed by atoms with E-state index in [1.807, 2.05) is 20.8 Å². The number of carbonyl (C=O) groups is 1. The Morgan fingerprint density at radius 3 is 2.62 bits per heavy atom. The van der Waals surface area contributed by atoms with Crippen molar-refractivity contribution in [2.45, 2.75) is 26.4 Å². The van der Waals surface area contributed by atoms with Gasteiger partial charge in [0.2, 0.25) is 0 Å². The maximum absolute atomic E-state index is 11.4. The summed E-state index contributed by atoms with van der Waals surface area (Å²) < 4.78 is 6.20. The van der Waals surface area contributed by atoms with Gasteiger partial charge in [0.15, 0.2) is 0 Å². The van der Waals surface area contributed by atoms with Gasteiger partial charge in [0.25, 0.3) is 0 Å². The molecule has 0 unspecified atom stereocenters. The van der Waals surface area contributed by atoms with Gasteiger partial charge in [0.05, 0.1) is 6.20 Å². The van der Waals surface area contributed by atoms with E-state index in [9.17, 15) is 4.79 Å². The van der Waals surface area contributed by atoms with Gasteiger partial charge in [-0.15, -0.1) is 11.3 Å². The van der Waals surface area contributed by atoms with E-state index >= 15 is 0 Å². The van der Waals surface area contributed by atoms with Crippen molar-refractivity contribution < 1.29 is 9.53 Å². The minimum Gasteiger partial charge on any atom is -0.456 e. The topological polar surface area (TPSA) is 39.2 Å². The largest absolute Gasteiger partial charge is 0.456 e. The summed E-state index contributed by atoms with van der Waals surface area (Å²) in [6.07, 6.45) is 1.58. The van der Waals surface area contributed by atoms with E-state index in [-0.39, 0.29) is 5.97 Å². The molecule has 0 aromatic carbocycles. The van der Waals surface area contributed by atoms with Crippen molar-refractivity contribution in [3.8, 4) is 0 Å². The highest BCUT2D eigenvalue weighted by Gasteiger charge is 2.18. The molecule has 0 N–H and O–H groups in total. The Kier molecular flexibility index (Phi) is 3.12. The first-order chi connectivity index (χ1) is 5.88. The molecular weight excluding hydrogens is 201 g/mol. The predicted molar refractivity (Wildman–Crippen MR) is 55.5 cm³/mol. The number of carbonyl (C=O) groups excluding carboxylic acids is 1. The fourth-order valence-corrected chi connectivity index (χ4v) is 2.23. The van der Waals surface area contributed by atoms with Gasteiger partial charge >= 0.3 is 22.3 Å². The molecule has 0 radical (unpaired) electrons. The van der Waals surface area contributed by atoms with Crippen molar-refractivity contribution in [1.82, 2.24) is 4.98 Å². The summed E-state index contributed by atoms with van der Waals surface area (Å²) in [6, 6.07) is 0. The quantitative estimate of drug-likeness (QED) is 0.499. The van der Waals surface area contributed by atoms with E-state index < -0.39 is 5.60 Å². The van der Waals surface area contributed by atoms with Crippen molar-refractivity contribution in [2.24, 2.45) is 0 Å². The SMILES string of the molecule is CC(C)(C)OC(=O)c1cn[c]([AlH2])s1. The standard InChI is InChI=1S/C8H10NO2S.Al.2H/c1-8(2,3)11-7(10)6-4-9-5-12-6;;;/h4H,1-3H3;;;. The second-order valence-corrected chi connectivity index (χ2v) is 6.65. The lowest BCUT2D eigenvalue weighted by atomic mass is 10.2. The molecule has 13 heavy (non-hydrogen) atoms. The number of esters is 1. The fraction of sp³-hybridized carbons (Fsp3) is 0.500. The highest BCUT2D eigenvalue weighted by Crippen LogP contribution is 2.13. The third kappa shape index (κ3) is 3.47. The van der Waals surface area contributed by atoms with Crippen LogP contribution in [0.2, 0.25) is 0 Å². The lowest BCUT2D eigenvalue weighted by Gasteiger charge is -2.18. The number of ether oxygens (including phenoxy) is 1. The molecule has 0 aliphatic heterocycles. The van der Waals surface area contributed by atoms with Crippen LogP contribution in [0.5, 0.6) is 0 Å². The Hall–Kier alpha value is -0.368. The van der Waals surface area contributed by atoms with Crippen LogP contribution in [-0.4, -0.2) is 32.8 Å². The molecule has 1 aromatic rings. The van der Waals surface area contributed by atoms with Crippen molar-refractivity contribution in [3.05, 3.63) is 11.1 Å². The fourth-order valence-electron chi connectivity index (χ4n) is 0.784. The molecule has 0 aliphatic rings. The van der Waals surface area contributed by atoms with E-state index in [0.717, 1.165) is 20.2 Å². The second-order valence-electron chi connectivity index (χ2n) is 3.75. The van der Waals surface area contributed by atoms with E-state index in [4.69, 9.17) is 4.74 Å². The van der Waals surface area contributed by atoms with Gasteiger partial charge in [-0.1, -0.05) is 0 Å². The van der Waals surface area contributed by atoms with Gasteiger partial charge in [0, 0.05) is 3.87 Å². The summed E-state index contributed by atoms with van der Waals surface area (Å²) >= 11 is 2.29. The maximum Gasteiger partial charge on any atom is 0.350 e. The van der Waals surface area contributed by atoms with Crippen LogP contribution in [0.3, 0.4) is 0 Å². The molecule has 1 heterocycles. The average Bonchev–Trinajstić information content (AvgIpc) is 2.31. The van der Waals surface area contributed by atoms with Crippen LogP contribution in [0, 0.1) is 0 Å². The molecule has 0 bridgehead atoms. The van der Waals surface area contributed by atoms with Crippen LogP contribution in [0.4, 0.5) is 0 Å². The molecule has 0 saturated heterocycles. The summed E-state index contributed by atoms with van der Waals surface area (Å²) in [4.78, 5) is 16.1. The molecule has 0 amide bonds. The summed E-state index contributed by atoms with van der Waals surface area (Å²) in [5.74, 6) is -0.271. The number of aromatic nitrogens is 1. The molecule has 0 spiro atoms. The number of nitrogens with zero attached hydrogens (tertiary/aromatic N) is 1. The molecule has 70 valence electrons. The smallest absolute Gasteiger partial charge is 0.350 e. The highest BCUT2D eigenvalue weighted by atomic mass is 32.1. The second kappa shape index (κ2) is 3.79. The predicted octanol–water partition coefficient (Wildman–Crippen LogP) is 0.357. The zero-order chi connectivity index (χ0) is 10.1. The first kappa shape index (κ1) is 10.7. The van der Waals surface area contributed by atoms with Gasteiger partial charge in [0.1, 0.15) is 10.5 Å². The molecular formula is C8H12AlNO2S. The van der Waals surface area contributed by atoms with E-state index in [1.165, 1.54) is 11.3 Å². The zero-order valence-electron chi connectivity index (χ0n) is 8.25. The third-order valence-corrected chi connectivity index (χ3v) is 2.98. The van der Waals surface area contributed by atoms with Crippen molar-refractivity contribution in [3.63, 3.8) is 0 Å². The molecule has 5 heteroatoms. The van der Waals surface area contributed by atoms with E-state index in [0.29, 0.717) is 4.88 Å². The lowest BCUT2D eigenvalue weighted by molar-refractivity contribution is 0.00750. The number of thiazole rings is 1. The van der Waals surface area contributed by atoms with Crippen LogP contribution in [-0.2, 0) is 4.74 Å². The molecule has 1 aromatic heterocycles. The Bertz CT molecular complexity index is 316. The van der Waals surface area contributed by atoms with E-state index in [2.05, 4.69) is 4.98 Å². The Morgan fingerprint density at radius 1 is 1.62 bits per heavy atom. The summed E-state index contributed by atoms with van der Waals surface area (Å²) in [6.45, 7) is 5.56. The lowest BCUT2D eigenvalue weighted by Crippen LogP contribution is -2.23. The molecule has 0 atom stereocenters. The normalized spacial score (nSPS) is 11.3. The van der Waals surface area contributed by atoms with Crippen LogP contribution < -0.4 is 3.87 Å². The van der Waals surface area contributed by atoms with Gasteiger partial charge < -0.3 is 4.74 Å². The van der Waals surface area contributed by atoms with Gasteiger partial charge in [-0.2, -0.15) is 0 Å². The van der Waals surface area contributed by atoms with Gasteiger partial charge in [-0.3, -0.25) is 4.98 Å². The van der Waals surface area contributed by atoms with Crippen molar-refractivity contribution in [1.29, 1.82) is 0 Å². The van der Waals surface area contributed by atoms with Gasteiger partial charge in [-0.25, -0.2) is 4.79 Å². The van der Waals surface area contributed by atoms with Crippen LogP contribution in [0.15, 0.2) is 6.20 Å². The highest BCUT2D eigenvalue weighted by molar-refractivity contribution is 7.21. The number of hydrogen-bond acceptors (Lipinski definition) is 4. The first-order valence-electron chi connectivity index (χ1n) is 4.04. The van der Waals surface area contributed by atoms with Crippen LogP contribution >= 0.6 is 11.3 Å². The maximum atomic E-state index is 11.4. The Balaban J connectivity index is 2.70. The Morgan fingerprint density at radius 2 is 2.23 bits per heavy atom. The average molecular weight is 213 g/mol. The zero-order valence-corrected chi connectivity index (χ0v) is 11.1. The summed E-state index contributed by atoms with van der Waals surface area (Å²) in [7, 11) is 0. The summed E-state index contributed by atoms with van der Waals surface area (Å²) in [5.41, 5.74) is -0.424. The third-order valence-electron chi connectivity index (χ3n) is 1.22. The minimum absolute atomic E-state index is 0.271. The Labute approximate surface area is 89.6 Å². The van der Waals surface area contributed by atoms with Crippen molar-refractivity contribution in [2.75, 3.05) is 0 Å². The van der Waals surface area contributed by atoms with Gasteiger partial charge in [-0.05, 0) is 20.8 Å². The summed E-state index contributed by atoms with van der Waals surface area (Å²) in [5, 5.41) is 0.